The molecule has 0 aromatic carbocycles. The van der Waals surface area contributed by atoms with Crippen LogP contribution in [0.2, 0.25) is 0 Å². The smallest absolute Gasteiger partial charge is 0.330 e. The molecule has 2 aliphatic rings. The molecule has 0 atom stereocenters. The standard InChI is InChI=1S/C19H22N8OS/c1-27(8-6-20-7-9-27)19-21-5-4-16(22-19)26-11-13-14(12-26)24-25-17(13)23-18(28)15-3-2-10-29-15/h2-5,10,20H,6-9,11-12H2,1H3,(H-,23,24,25,28)/p+1. The number of rotatable bonds is 4. The first-order chi connectivity index (χ1) is 14.1. The maximum absolute atomic E-state index is 12.4. The SMILES string of the molecule is C[N+]1(c2nccc(N3Cc4[nH]nc(NC(=O)c5cccs5)c4C3)n2)CCNCC1. The molecule has 1 fully saturated rings. The molecule has 5 heterocycles. The van der Waals surface area contributed by atoms with Gasteiger partial charge in [0.25, 0.3) is 5.91 Å². The number of nitrogens with zero attached hydrogens (tertiary/aromatic N) is 5. The van der Waals surface area contributed by atoms with Gasteiger partial charge in [0, 0.05) is 24.8 Å². The van der Waals surface area contributed by atoms with Crippen LogP contribution >= 0.6 is 11.3 Å². The van der Waals surface area contributed by atoms with Crippen LogP contribution in [0.1, 0.15) is 20.9 Å². The molecule has 0 saturated carbocycles. The first-order valence-electron chi connectivity index (χ1n) is 9.67. The molecule has 1 amide bonds. The first kappa shape index (κ1) is 18.2. The Balaban J connectivity index is 1.34. The number of nitrogens with one attached hydrogen (secondary N) is 3. The van der Waals surface area contributed by atoms with E-state index in [0.29, 0.717) is 23.8 Å². The lowest BCUT2D eigenvalue weighted by molar-refractivity contribution is 0.103. The van der Waals surface area contributed by atoms with Crippen LogP contribution in [0, 0.1) is 0 Å². The molecule has 1 saturated heterocycles. The molecular formula is C19H23N8OS+. The zero-order chi connectivity index (χ0) is 19.8. The molecule has 3 N–H and O–H groups in total. The average Bonchev–Trinajstić information content (AvgIpc) is 3.47. The number of H-pyrrole nitrogens is 1. The Morgan fingerprint density at radius 1 is 1.28 bits per heavy atom. The van der Waals surface area contributed by atoms with Crippen LogP contribution < -0.4 is 20.0 Å². The van der Waals surface area contributed by atoms with Gasteiger partial charge in [-0.1, -0.05) is 6.07 Å². The van der Waals surface area contributed by atoms with E-state index in [1.165, 1.54) is 11.3 Å². The van der Waals surface area contributed by atoms with E-state index in [1.54, 1.807) is 6.07 Å². The summed E-state index contributed by atoms with van der Waals surface area (Å²) in [5.41, 5.74) is 2.02. The Kier molecular flexibility index (Phi) is 4.53. The number of thiophene rings is 1. The van der Waals surface area contributed by atoms with Gasteiger partial charge in [0.2, 0.25) is 0 Å². The van der Waals surface area contributed by atoms with Crippen molar-refractivity contribution in [2.75, 3.05) is 43.4 Å². The van der Waals surface area contributed by atoms with Gasteiger partial charge in [-0.3, -0.25) is 14.4 Å². The van der Waals surface area contributed by atoms with E-state index in [0.717, 1.165) is 53.7 Å². The molecule has 5 rings (SSSR count). The van der Waals surface area contributed by atoms with Gasteiger partial charge in [0.1, 0.15) is 5.82 Å². The van der Waals surface area contributed by atoms with E-state index in [9.17, 15) is 4.79 Å². The predicted molar refractivity (Wildman–Crippen MR) is 113 cm³/mol. The van der Waals surface area contributed by atoms with Gasteiger partial charge in [0.15, 0.2) is 5.82 Å². The van der Waals surface area contributed by atoms with Gasteiger partial charge in [-0.15, -0.1) is 11.3 Å². The summed E-state index contributed by atoms with van der Waals surface area (Å²) in [6.07, 6.45) is 1.84. The van der Waals surface area contributed by atoms with Crippen molar-refractivity contribution in [1.82, 2.24) is 30.0 Å². The Morgan fingerprint density at radius 3 is 2.93 bits per heavy atom. The first-order valence-corrected chi connectivity index (χ1v) is 10.6. The van der Waals surface area contributed by atoms with Crippen LogP contribution in [0.15, 0.2) is 29.8 Å². The summed E-state index contributed by atoms with van der Waals surface area (Å²) in [4.78, 5) is 24.7. The lowest BCUT2D eigenvalue weighted by Crippen LogP contribution is -2.57. The fourth-order valence-electron chi connectivity index (χ4n) is 3.85. The number of quaternary nitrogens is 1. The van der Waals surface area contributed by atoms with Crippen LogP contribution in [0.25, 0.3) is 0 Å². The molecule has 9 nitrogen and oxygen atoms in total. The average molecular weight is 412 g/mol. The molecule has 0 aliphatic carbocycles. The maximum Gasteiger partial charge on any atom is 0.330 e. The van der Waals surface area contributed by atoms with Crippen molar-refractivity contribution in [3.05, 3.63) is 45.9 Å². The molecule has 150 valence electrons. The predicted octanol–water partition coefficient (Wildman–Crippen LogP) is 1.57. The zero-order valence-electron chi connectivity index (χ0n) is 16.2. The zero-order valence-corrected chi connectivity index (χ0v) is 17.0. The Labute approximate surface area is 172 Å². The summed E-state index contributed by atoms with van der Waals surface area (Å²) in [6.45, 7) is 5.22. The summed E-state index contributed by atoms with van der Waals surface area (Å²) in [6, 6.07) is 5.62. The number of carbonyl (C=O) groups excluding carboxylic acids is 1. The molecule has 29 heavy (non-hydrogen) atoms. The van der Waals surface area contributed by atoms with Gasteiger partial charge < -0.3 is 15.5 Å². The van der Waals surface area contributed by atoms with E-state index in [4.69, 9.17) is 4.98 Å². The van der Waals surface area contributed by atoms with Gasteiger partial charge >= 0.3 is 5.95 Å². The molecule has 0 spiro atoms. The minimum absolute atomic E-state index is 0.131. The Morgan fingerprint density at radius 2 is 2.14 bits per heavy atom. The fraction of sp³-hybridized carbons (Fsp3) is 0.368. The van der Waals surface area contributed by atoms with E-state index in [-0.39, 0.29) is 5.91 Å². The number of likely N-dealkylation sites (N-methyl/N-ethyl adjacent to an activating group) is 1. The highest BCUT2D eigenvalue weighted by Crippen LogP contribution is 2.31. The molecule has 0 unspecified atom stereocenters. The number of anilines is 2. The number of piperazine rings is 1. The second kappa shape index (κ2) is 7.21. The lowest BCUT2D eigenvalue weighted by Gasteiger charge is -2.35. The van der Waals surface area contributed by atoms with Crippen LogP contribution in [0.5, 0.6) is 0 Å². The van der Waals surface area contributed by atoms with Gasteiger partial charge in [-0.05, 0) is 17.5 Å². The third-order valence-corrected chi connectivity index (χ3v) is 6.50. The van der Waals surface area contributed by atoms with Gasteiger partial charge in [0.05, 0.1) is 43.8 Å². The molecule has 3 aromatic rings. The van der Waals surface area contributed by atoms with Crippen LogP contribution in [0.4, 0.5) is 17.6 Å². The van der Waals surface area contributed by atoms with Crippen molar-refractivity contribution >= 4 is 34.8 Å². The molecule has 0 bridgehead atoms. The van der Waals surface area contributed by atoms with Crippen LogP contribution in [-0.2, 0) is 13.1 Å². The summed E-state index contributed by atoms with van der Waals surface area (Å²) in [5.74, 6) is 2.21. The third kappa shape index (κ3) is 3.39. The molecule has 0 radical (unpaired) electrons. The van der Waals surface area contributed by atoms with Crippen molar-refractivity contribution < 1.29 is 4.79 Å². The second-order valence-electron chi connectivity index (χ2n) is 7.62. The van der Waals surface area contributed by atoms with Crippen molar-refractivity contribution in [1.29, 1.82) is 0 Å². The number of hydrogen-bond donors (Lipinski definition) is 3. The van der Waals surface area contributed by atoms with Crippen molar-refractivity contribution in [2.24, 2.45) is 0 Å². The van der Waals surface area contributed by atoms with E-state index >= 15 is 0 Å². The highest BCUT2D eigenvalue weighted by Gasteiger charge is 2.32. The normalized spacial score (nSPS) is 17.9. The number of carbonyl (C=O) groups is 1. The summed E-state index contributed by atoms with van der Waals surface area (Å²) in [7, 11) is 2.19. The van der Waals surface area contributed by atoms with E-state index in [1.807, 2.05) is 23.7 Å². The van der Waals surface area contributed by atoms with E-state index < -0.39 is 0 Å². The number of aromatic nitrogens is 4. The monoisotopic (exact) mass is 411 g/mol. The fourth-order valence-corrected chi connectivity index (χ4v) is 4.47. The van der Waals surface area contributed by atoms with Crippen molar-refractivity contribution in [3.8, 4) is 0 Å². The Hall–Kier alpha value is -2.82. The minimum atomic E-state index is -0.131. The van der Waals surface area contributed by atoms with E-state index in [2.05, 4.69) is 37.8 Å². The van der Waals surface area contributed by atoms with Crippen molar-refractivity contribution in [2.45, 2.75) is 13.1 Å². The van der Waals surface area contributed by atoms with Crippen molar-refractivity contribution in [3.63, 3.8) is 0 Å². The van der Waals surface area contributed by atoms with Gasteiger partial charge in [-0.25, -0.2) is 0 Å². The minimum Gasteiger partial charge on any atom is -0.346 e. The quantitative estimate of drug-likeness (QED) is 0.564. The molecule has 3 aromatic heterocycles. The third-order valence-electron chi connectivity index (χ3n) is 5.63. The summed E-state index contributed by atoms with van der Waals surface area (Å²) < 4.78 is 0.740. The second-order valence-corrected chi connectivity index (χ2v) is 8.57. The largest absolute Gasteiger partial charge is 0.346 e. The highest BCUT2D eigenvalue weighted by atomic mass is 32.1. The molecule has 10 heteroatoms. The topological polar surface area (TPSA) is 98.8 Å². The highest BCUT2D eigenvalue weighted by molar-refractivity contribution is 7.12. The summed E-state index contributed by atoms with van der Waals surface area (Å²) in [5, 5.41) is 15.6. The summed E-state index contributed by atoms with van der Waals surface area (Å²) >= 11 is 1.41. The van der Waals surface area contributed by atoms with Gasteiger partial charge in [-0.2, -0.15) is 15.1 Å². The van der Waals surface area contributed by atoms with Crippen LogP contribution in [0.3, 0.4) is 0 Å². The van der Waals surface area contributed by atoms with Crippen LogP contribution in [-0.4, -0.2) is 59.3 Å². The molecular weight excluding hydrogens is 388 g/mol. The Bertz CT molecular complexity index is 1020. The maximum atomic E-state index is 12.4. The molecule has 2 aliphatic heterocycles. The number of amides is 1. The number of fused-ring (bicyclic) bond motifs is 1. The number of aromatic amines is 1. The number of hydrogen-bond acceptors (Lipinski definition) is 7. The lowest BCUT2D eigenvalue weighted by atomic mass is 10.3.